The third-order valence-corrected chi connectivity index (χ3v) is 15.0. The number of carbonyl (C=O) groups is 3. The average Bonchev–Trinajstić information content (AvgIpc) is 3.47. The molecule has 0 aromatic heterocycles. The summed E-state index contributed by atoms with van der Waals surface area (Å²) in [7, 11) is 0. The summed E-state index contributed by atoms with van der Waals surface area (Å²) < 4.78 is 16.9. The van der Waals surface area contributed by atoms with E-state index in [0.717, 1.165) is 103 Å². The molecule has 0 N–H and O–H groups in total. The Morgan fingerprint density at radius 2 is 0.494 bits per heavy atom. The quantitative estimate of drug-likeness (QED) is 0.0261. The van der Waals surface area contributed by atoms with Crippen LogP contribution in [0.1, 0.15) is 342 Å². The number of hydrogen-bond acceptors (Lipinski definition) is 6. The van der Waals surface area contributed by atoms with Gasteiger partial charge in [0, 0.05) is 19.3 Å². The number of hydrogen-bond donors (Lipinski definition) is 0. The molecule has 0 heterocycles. The van der Waals surface area contributed by atoms with Crippen molar-refractivity contribution in [3.63, 3.8) is 0 Å². The Morgan fingerprint density at radius 1 is 0.259 bits per heavy atom. The van der Waals surface area contributed by atoms with E-state index in [1.807, 2.05) is 0 Å². The van der Waals surface area contributed by atoms with Crippen LogP contribution >= 0.6 is 0 Å². The molecule has 0 saturated heterocycles. The fourth-order valence-electron chi connectivity index (χ4n) is 9.84. The van der Waals surface area contributed by atoms with Gasteiger partial charge < -0.3 is 14.2 Å². The van der Waals surface area contributed by atoms with E-state index >= 15 is 0 Å². The number of unbranched alkanes of at least 4 members (excludes halogenated alkanes) is 36. The highest BCUT2D eigenvalue weighted by Gasteiger charge is 2.19. The molecule has 81 heavy (non-hydrogen) atoms. The summed E-state index contributed by atoms with van der Waals surface area (Å²) in [6.07, 6.45) is 92.9. The van der Waals surface area contributed by atoms with Crippen molar-refractivity contribution in [2.45, 2.75) is 348 Å². The van der Waals surface area contributed by atoms with Gasteiger partial charge in [0.25, 0.3) is 0 Å². The van der Waals surface area contributed by atoms with Gasteiger partial charge in [-0.25, -0.2) is 0 Å². The molecule has 0 rings (SSSR count). The Morgan fingerprint density at radius 3 is 0.802 bits per heavy atom. The molecule has 466 valence electrons. The molecule has 6 nitrogen and oxygen atoms in total. The van der Waals surface area contributed by atoms with Crippen molar-refractivity contribution >= 4 is 17.9 Å². The summed E-state index contributed by atoms with van der Waals surface area (Å²) in [6.45, 7) is 6.51. The molecule has 0 spiro atoms. The van der Waals surface area contributed by atoms with Gasteiger partial charge >= 0.3 is 17.9 Å². The lowest BCUT2D eigenvalue weighted by Crippen LogP contribution is -2.30. The molecule has 0 aromatic carbocycles. The highest BCUT2D eigenvalue weighted by molar-refractivity contribution is 5.71. The summed E-state index contributed by atoms with van der Waals surface area (Å²) in [5.74, 6) is -0.880. The van der Waals surface area contributed by atoms with Gasteiger partial charge in [-0.2, -0.15) is 0 Å². The summed E-state index contributed by atoms with van der Waals surface area (Å²) in [6, 6.07) is 0. The predicted molar refractivity (Wildman–Crippen MR) is 353 cm³/mol. The van der Waals surface area contributed by atoms with Gasteiger partial charge in [0.1, 0.15) is 13.2 Å². The fraction of sp³-hybridized carbons (Fsp3) is 0.747. The third kappa shape index (κ3) is 67.0. The Kier molecular flexibility index (Phi) is 65.7. The lowest BCUT2D eigenvalue weighted by Gasteiger charge is -2.18. The number of esters is 3. The van der Waals surface area contributed by atoms with Crippen molar-refractivity contribution in [1.82, 2.24) is 0 Å². The SMILES string of the molecule is CC/C=C\C/C=C\C/C=C\C/C=C\C/C=C\C/C=C\CCCCCCCCCCCCCCC(=O)OCC(COC(=O)CCCCCCC/C=C\CCCC)OC(=O)CCCCCCCCCCC/C=C\CCCCCCCCCC. The summed E-state index contributed by atoms with van der Waals surface area (Å²) >= 11 is 0. The standard InChI is InChI=1S/C75H130O6/c1-4-7-10-13-16-19-22-24-26-28-30-32-33-34-35-36-37-38-39-40-41-43-44-46-48-50-53-56-59-62-65-68-74(77)80-71-72(70-79-73(76)67-64-61-58-55-52-21-18-15-12-9-6-3)81-75(78)69-66-63-60-57-54-51-49-47-45-42-31-29-27-25-23-20-17-14-11-8-5-2/h7,10,15-16,18-19,24,26,29-32,34-35,37-38,72H,4-6,8-9,11-14,17,20-23,25,27-28,33,36,39-71H2,1-3H3/b10-7-,18-15-,19-16-,26-24-,31-29-,32-30-,35-34-,38-37-. The summed E-state index contributed by atoms with van der Waals surface area (Å²) in [5.41, 5.74) is 0. The van der Waals surface area contributed by atoms with Crippen molar-refractivity contribution in [1.29, 1.82) is 0 Å². The molecule has 0 aliphatic carbocycles. The topological polar surface area (TPSA) is 78.9 Å². The Balaban J connectivity index is 4.21. The fourth-order valence-corrected chi connectivity index (χ4v) is 9.84. The molecule has 0 saturated carbocycles. The van der Waals surface area contributed by atoms with Crippen LogP contribution in [0.25, 0.3) is 0 Å². The van der Waals surface area contributed by atoms with E-state index in [-0.39, 0.29) is 31.1 Å². The molecule has 0 aliphatic heterocycles. The monoisotopic (exact) mass is 1130 g/mol. The highest BCUT2D eigenvalue weighted by atomic mass is 16.6. The molecule has 0 radical (unpaired) electrons. The maximum Gasteiger partial charge on any atom is 0.306 e. The van der Waals surface area contributed by atoms with Crippen LogP contribution in [0.5, 0.6) is 0 Å². The first kappa shape index (κ1) is 77.3. The zero-order valence-corrected chi connectivity index (χ0v) is 53.5. The van der Waals surface area contributed by atoms with Crippen molar-refractivity contribution in [2.24, 2.45) is 0 Å². The van der Waals surface area contributed by atoms with Gasteiger partial charge in [-0.05, 0) is 116 Å². The minimum atomic E-state index is -0.783. The predicted octanol–water partition coefficient (Wildman–Crippen LogP) is 24.0. The van der Waals surface area contributed by atoms with Crippen molar-refractivity contribution in [2.75, 3.05) is 13.2 Å². The lowest BCUT2D eigenvalue weighted by molar-refractivity contribution is -0.167. The Labute approximate surface area is 502 Å². The van der Waals surface area contributed by atoms with Crippen LogP contribution in [-0.2, 0) is 28.6 Å². The second-order valence-electron chi connectivity index (χ2n) is 23.1. The van der Waals surface area contributed by atoms with E-state index in [9.17, 15) is 14.4 Å². The number of carbonyl (C=O) groups excluding carboxylic acids is 3. The van der Waals surface area contributed by atoms with E-state index in [0.29, 0.717) is 19.3 Å². The summed E-state index contributed by atoms with van der Waals surface area (Å²) in [5, 5.41) is 0. The molecule has 0 fully saturated rings. The third-order valence-electron chi connectivity index (χ3n) is 15.0. The Bertz CT molecular complexity index is 1580. The number of ether oxygens (including phenoxy) is 3. The van der Waals surface area contributed by atoms with Gasteiger partial charge in [-0.1, -0.05) is 304 Å². The van der Waals surface area contributed by atoms with Crippen LogP contribution in [0, 0.1) is 0 Å². The molecular weight excluding hydrogens is 997 g/mol. The van der Waals surface area contributed by atoms with Crippen LogP contribution in [0.3, 0.4) is 0 Å². The molecular formula is C75H130O6. The van der Waals surface area contributed by atoms with Crippen LogP contribution < -0.4 is 0 Å². The van der Waals surface area contributed by atoms with E-state index in [1.165, 1.54) is 199 Å². The normalized spacial score (nSPS) is 12.7. The number of allylic oxidation sites excluding steroid dienone is 16. The minimum Gasteiger partial charge on any atom is -0.462 e. The second kappa shape index (κ2) is 68.8. The first-order valence-corrected chi connectivity index (χ1v) is 34.7. The van der Waals surface area contributed by atoms with Gasteiger partial charge in [0.2, 0.25) is 0 Å². The van der Waals surface area contributed by atoms with Crippen LogP contribution in [0.4, 0.5) is 0 Å². The van der Waals surface area contributed by atoms with Crippen molar-refractivity contribution in [3.05, 3.63) is 97.2 Å². The van der Waals surface area contributed by atoms with Crippen LogP contribution in [-0.4, -0.2) is 37.2 Å². The van der Waals surface area contributed by atoms with E-state index in [4.69, 9.17) is 14.2 Å². The number of rotatable bonds is 63. The molecule has 0 amide bonds. The van der Waals surface area contributed by atoms with Crippen LogP contribution in [0.15, 0.2) is 97.2 Å². The lowest BCUT2D eigenvalue weighted by atomic mass is 10.0. The van der Waals surface area contributed by atoms with E-state index in [2.05, 4.69) is 118 Å². The van der Waals surface area contributed by atoms with Gasteiger partial charge in [-0.3, -0.25) is 14.4 Å². The molecule has 0 bridgehead atoms. The zero-order valence-electron chi connectivity index (χ0n) is 53.5. The highest BCUT2D eigenvalue weighted by Crippen LogP contribution is 2.17. The van der Waals surface area contributed by atoms with Crippen molar-refractivity contribution < 1.29 is 28.6 Å². The first-order valence-electron chi connectivity index (χ1n) is 34.7. The maximum atomic E-state index is 12.9. The Hall–Kier alpha value is -3.67. The van der Waals surface area contributed by atoms with Gasteiger partial charge in [-0.15, -0.1) is 0 Å². The molecule has 0 aliphatic rings. The molecule has 6 heteroatoms. The minimum absolute atomic E-state index is 0.0795. The molecule has 0 aromatic rings. The average molecular weight is 1130 g/mol. The van der Waals surface area contributed by atoms with Gasteiger partial charge in [0.15, 0.2) is 6.10 Å². The van der Waals surface area contributed by atoms with Crippen LogP contribution in [0.2, 0.25) is 0 Å². The second-order valence-corrected chi connectivity index (χ2v) is 23.1. The largest absolute Gasteiger partial charge is 0.462 e. The molecule has 1 unspecified atom stereocenters. The zero-order chi connectivity index (χ0) is 58.5. The van der Waals surface area contributed by atoms with E-state index in [1.54, 1.807) is 0 Å². The van der Waals surface area contributed by atoms with Gasteiger partial charge in [0.05, 0.1) is 0 Å². The maximum absolute atomic E-state index is 12.9. The summed E-state index contributed by atoms with van der Waals surface area (Å²) in [4.78, 5) is 38.3. The van der Waals surface area contributed by atoms with Crippen molar-refractivity contribution in [3.8, 4) is 0 Å². The smallest absolute Gasteiger partial charge is 0.306 e. The van der Waals surface area contributed by atoms with E-state index < -0.39 is 6.10 Å². The first-order chi connectivity index (χ1) is 40.0. The molecule has 1 atom stereocenters.